The van der Waals surface area contributed by atoms with Crippen molar-refractivity contribution in [1.82, 2.24) is 16.0 Å². The molecule has 0 bridgehead atoms. The number of aliphatic imine (C=N–C) groups is 2. The molecule has 0 spiro atoms. The van der Waals surface area contributed by atoms with Gasteiger partial charge in [-0.1, -0.05) is 0 Å². The first-order valence-corrected chi connectivity index (χ1v) is 9.74. The normalized spacial score (nSPS) is 23.1. The van der Waals surface area contributed by atoms with E-state index in [0.29, 0.717) is 37.7 Å². The number of hydrogen-bond acceptors (Lipinski definition) is 10. The number of hydrogen-bond donors (Lipinski definition) is 8. The predicted molar refractivity (Wildman–Crippen MR) is 111 cm³/mol. The van der Waals surface area contributed by atoms with Crippen molar-refractivity contribution in [3.05, 3.63) is 0 Å². The zero-order chi connectivity index (χ0) is 21.8. The number of carboxylic acids is 2. The molecule has 0 aromatic carbocycles. The van der Waals surface area contributed by atoms with Gasteiger partial charge in [-0.2, -0.15) is 0 Å². The molecule has 11 N–H and O–H groups in total. The van der Waals surface area contributed by atoms with E-state index in [4.69, 9.17) is 27.4 Å². The lowest BCUT2D eigenvalue weighted by molar-refractivity contribution is -0.140. The van der Waals surface area contributed by atoms with Gasteiger partial charge in [0.15, 0.2) is 11.9 Å². The van der Waals surface area contributed by atoms with E-state index in [0.717, 1.165) is 25.8 Å². The van der Waals surface area contributed by atoms with Crippen LogP contribution in [0.1, 0.15) is 38.5 Å². The number of nitrogens with one attached hydrogen (secondary N) is 3. The maximum Gasteiger partial charge on any atom is 0.320 e. The Hall–Kier alpha value is -2.60. The molecule has 0 aromatic heterocycles. The molecule has 0 aromatic rings. The van der Waals surface area contributed by atoms with Crippen LogP contribution in [0.4, 0.5) is 0 Å². The first-order chi connectivity index (χ1) is 13.7. The molecule has 2 heterocycles. The smallest absolute Gasteiger partial charge is 0.320 e. The fourth-order valence-corrected chi connectivity index (χ4v) is 3.03. The summed E-state index contributed by atoms with van der Waals surface area (Å²) in [5, 5.41) is 26.2. The van der Waals surface area contributed by atoms with E-state index in [1.807, 2.05) is 0 Å². The fourth-order valence-electron chi connectivity index (χ4n) is 3.03. The summed E-state index contributed by atoms with van der Waals surface area (Å²) in [6.45, 7) is 1.42. The van der Waals surface area contributed by atoms with Gasteiger partial charge in [-0.15, -0.1) is 0 Å². The zero-order valence-electron chi connectivity index (χ0n) is 16.8. The van der Waals surface area contributed by atoms with Gasteiger partial charge in [0.1, 0.15) is 12.1 Å². The Morgan fingerprint density at radius 1 is 1.03 bits per heavy atom. The van der Waals surface area contributed by atoms with Crippen LogP contribution in [0, 0.1) is 0 Å². The van der Waals surface area contributed by atoms with Gasteiger partial charge in [0, 0.05) is 25.2 Å². The average molecular weight is 415 g/mol. The largest absolute Gasteiger partial charge is 0.480 e. The Balaban J connectivity index is 0.000000291. The molecule has 29 heavy (non-hydrogen) atoms. The topological polar surface area (TPSA) is 213 Å². The SMILES string of the molecule is CN[C@@H](CCC1CCN=C(N)N1)C(=O)O.NC1=NCCC(CC[C@H](N)C(=O)O)N1. The van der Waals surface area contributed by atoms with Gasteiger partial charge in [0.25, 0.3) is 0 Å². The number of nitrogens with two attached hydrogens (primary N) is 3. The molecule has 2 aliphatic rings. The molecule has 12 heteroatoms. The van der Waals surface area contributed by atoms with Crippen LogP contribution in [0.2, 0.25) is 0 Å². The minimum absolute atomic E-state index is 0.206. The summed E-state index contributed by atoms with van der Waals surface area (Å²) in [5.41, 5.74) is 16.4. The summed E-state index contributed by atoms with van der Waals surface area (Å²) in [4.78, 5) is 29.2. The molecule has 166 valence electrons. The predicted octanol–water partition coefficient (Wildman–Crippen LogP) is -2.03. The molecule has 2 unspecified atom stereocenters. The minimum atomic E-state index is -0.956. The quantitative estimate of drug-likeness (QED) is 0.207. The highest BCUT2D eigenvalue weighted by Crippen LogP contribution is 2.08. The third-order valence-corrected chi connectivity index (χ3v) is 4.82. The highest BCUT2D eigenvalue weighted by atomic mass is 16.4. The van der Waals surface area contributed by atoms with Crippen LogP contribution in [0.15, 0.2) is 9.98 Å². The molecule has 0 saturated carbocycles. The lowest BCUT2D eigenvalue weighted by Crippen LogP contribution is -2.45. The molecular weight excluding hydrogens is 380 g/mol. The number of carbonyl (C=O) groups is 2. The molecule has 2 aliphatic heterocycles. The van der Waals surface area contributed by atoms with E-state index >= 15 is 0 Å². The Morgan fingerprint density at radius 2 is 1.52 bits per heavy atom. The lowest BCUT2D eigenvalue weighted by atomic mass is 10.0. The van der Waals surface area contributed by atoms with Gasteiger partial charge < -0.3 is 43.4 Å². The first kappa shape index (κ1) is 24.4. The number of aliphatic carboxylic acids is 2. The number of rotatable bonds is 9. The lowest BCUT2D eigenvalue weighted by Gasteiger charge is -2.23. The van der Waals surface area contributed by atoms with E-state index in [1.165, 1.54) is 0 Å². The van der Waals surface area contributed by atoms with E-state index in [-0.39, 0.29) is 12.1 Å². The van der Waals surface area contributed by atoms with Crippen LogP contribution in [0.3, 0.4) is 0 Å². The van der Waals surface area contributed by atoms with Gasteiger partial charge in [0.2, 0.25) is 0 Å². The standard InChI is InChI=1S/C9H18N4O2.C8H16N4O2/c1-11-7(8(14)15)3-2-6-4-5-12-9(10)13-6;9-6(7(13)14)2-1-5-3-4-11-8(10)12-5/h6-7,11H,2-5H2,1H3,(H,14,15)(H3,10,12,13);5-6H,1-4,9H2,(H,13,14)(H3,10,11,12)/t6?,7-;5?,6-/m00/s1. The van der Waals surface area contributed by atoms with Crippen molar-refractivity contribution in [2.24, 2.45) is 27.2 Å². The average Bonchev–Trinajstić information content (AvgIpc) is 2.67. The van der Waals surface area contributed by atoms with Crippen molar-refractivity contribution in [2.75, 3.05) is 20.1 Å². The second-order valence-electron chi connectivity index (χ2n) is 7.07. The third kappa shape index (κ3) is 9.94. The van der Waals surface area contributed by atoms with E-state index in [1.54, 1.807) is 7.05 Å². The van der Waals surface area contributed by atoms with E-state index in [9.17, 15) is 9.59 Å². The molecule has 2 rings (SSSR count). The summed E-state index contributed by atoms with van der Waals surface area (Å²) in [5.74, 6) is -0.870. The molecular formula is C17H34N8O4. The van der Waals surface area contributed by atoms with E-state index < -0.39 is 24.0 Å². The second-order valence-corrected chi connectivity index (χ2v) is 7.07. The minimum Gasteiger partial charge on any atom is -0.480 e. The van der Waals surface area contributed by atoms with Gasteiger partial charge in [-0.05, 0) is 45.6 Å². The Kier molecular flexibility index (Phi) is 10.8. The molecule has 0 aliphatic carbocycles. The third-order valence-electron chi connectivity index (χ3n) is 4.82. The second kappa shape index (κ2) is 12.8. The molecule has 12 nitrogen and oxygen atoms in total. The van der Waals surface area contributed by atoms with E-state index in [2.05, 4.69) is 25.9 Å². The molecule has 0 fully saturated rings. The number of carboxylic acid groups (broad SMARTS) is 2. The van der Waals surface area contributed by atoms with Crippen LogP contribution in [-0.2, 0) is 9.59 Å². The Morgan fingerprint density at radius 3 is 1.90 bits per heavy atom. The highest BCUT2D eigenvalue weighted by molar-refractivity contribution is 5.79. The van der Waals surface area contributed by atoms with Crippen molar-refractivity contribution in [1.29, 1.82) is 0 Å². The van der Waals surface area contributed by atoms with Gasteiger partial charge in [-0.25, -0.2) is 0 Å². The zero-order valence-corrected chi connectivity index (χ0v) is 16.8. The molecule has 0 radical (unpaired) electrons. The van der Waals surface area contributed by atoms with Gasteiger partial charge >= 0.3 is 11.9 Å². The summed E-state index contributed by atoms with van der Waals surface area (Å²) in [6.07, 6.45) is 4.35. The first-order valence-electron chi connectivity index (χ1n) is 9.74. The summed E-state index contributed by atoms with van der Waals surface area (Å²) < 4.78 is 0. The van der Waals surface area contributed by atoms with Crippen molar-refractivity contribution in [2.45, 2.75) is 62.7 Å². The number of nitrogens with zero attached hydrogens (tertiary/aromatic N) is 2. The summed E-state index contributed by atoms with van der Waals surface area (Å²) >= 11 is 0. The van der Waals surface area contributed by atoms with Crippen LogP contribution in [-0.4, -0.2) is 78.4 Å². The van der Waals surface area contributed by atoms with Crippen LogP contribution in [0.25, 0.3) is 0 Å². The van der Waals surface area contributed by atoms with Gasteiger partial charge in [0.05, 0.1) is 0 Å². The Labute approximate surface area is 170 Å². The monoisotopic (exact) mass is 414 g/mol. The van der Waals surface area contributed by atoms with Crippen molar-refractivity contribution in [3.8, 4) is 0 Å². The number of guanidine groups is 2. The van der Waals surface area contributed by atoms with Gasteiger partial charge in [-0.3, -0.25) is 19.6 Å². The molecule has 0 amide bonds. The number of likely N-dealkylation sites (N-methyl/N-ethyl adjacent to an activating group) is 1. The summed E-state index contributed by atoms with van der Waals surface area (Å²) in [7, 11) is 1.66. The molecule has 0 saturated heterocycles. The maximum absolute atomic E-state index is 10.7. The van der Waals surface area contributed by atoms with Crippen LogP contribution < -0.4 is 33.2 Å². The van der Waals surface area contributed by atoms with Crippen molar-refractivity contribution < 1.29 is 19.8 Å². The fraction of sp³-hybridized carbons (Fsp3) is 0.765. The maximum atomic E-state index is 10.7. The summed E-state index contributed by atoms with van der Waals surface area (Å²) in [6, 6.07) is -0.806. The van der Waals surface area contributed by atoms with Crippen LogP contribution in [0.5, 0.6) is 0 Å². The van der Waals surface area contributed by atoms with Crippen molar-refractivity contribution in [3.63, 3.8) is 0 Å². The Bertz CT molecular complexity index is 598. The van der Waals surface area contributed by atoms with Crippen molar-refractivity contribution >= 4 is 23.9 Å². The molecule has 4 atom stereocenters. The van der Waals surface area contributed by atoms with Crippen LogP contribution >= 0.6 is 0 Å². The highest BCUT2D eigenvalue weighted by Gasteiger charge is 2.19.